The molecule has 0 saturated heterocycles. The molecule has 0 unspecified atom stereocenters. The van der Waals surface area contributed by atoms with Gasteiger partial charge in [-0.25, -0.2) is 4.98 Å². The molecule has 0 radical (unpaired) electrons. The lowest BCUT2D eigenvalue weighted by Crippen LogP contribution is -2.10. The number of hydrogen-bond donors (Lipinski definition) is 0. The van der Waals surface area contributed by atoms with Gasteiger partial charge in [-0.2, -0.15) is 0 Å². The Bertz CT molecular complexity index is 1130. The van der Waals surface area contributed by atoms with Crippen molar-refractivity contribution in [3.8, 4) is 33.8 Å². The largest absolute Gasteiger partial charge is 0.330 e. The first-order valence-electron chi connectivity index (χ1n) is 8.90. The van der Waals surface area contributed by atoms with Gasteiger partial charge in [-0.15, -0.1) is 0 Å². The summed E-state index contributed by atoms with van der Waals surface area (Å²) in [4.78, 5) is 4.90. The molecular formula is C23H16Cl2N2. The number of rotatable bonds is 2. The van der Waals surface area contributed by atoms with E-state index in [1.807, 2.05) is 18.2 Å². The summed E-state index contributed by atoms with van der Waals surface area (Å²) in [6.45, 7) is 0.898. The van der Waals surface area contributed by atoms with Crippen molar-refractivity contribution >= 4 is 23.2 Å². The Labute approximate surface area is 168 Å². The van der Waals surface area contributed by atoms with Crippen molar-refractivity contribution in [3.63, 3.8) is 0 Å². The molecule has 1 aliphatic rings. The molecule has 4 heteroatoms. The van der Waals surface area contributed by atoms with Crippen molar-refractivity contribution < 1.29 is 0 Å². The molecule has 0 spiro atoms. The molecular weight excluding hydrogens is 375 g/mol. The Morgan fingerprint density at radius 1 is 0.778 bits per heavy atom. The number of benzene rings is 3. The average molecular weight is 391 g/mol. The fourth-order valence-corrected chi connectivity index (χ4v) is 4.00. The van der Waals surface area contributed by atoms with Gasteiger partial charge in [0.05, 0.1) is 15.7 Å². The van der Waals surface area contributed by atoms with E-state index in [9.17, 15) is 0 Å². The van der Waals surface area contributed by atoms with Crippen molar-refractivity contribution in [1.82, 2.24) is 9.55 Å². The third-order valence-corrected chi connectivity index (χ3v) is 5.80. The van der Waals surface area contributed by atoms with E-state index in [-0.39, 0.29) is 0 Å². The maximum atomic E-state index is 6.24. The summed E-state index contributed by atoms with van der Waals surface area (Å²) in [6, 6.07) is 22.8. The van der Waals surface area contributed by atoms with Crippen molar-refractivity contribution in [3.05, 3.63) is 88.5 Å². The molecule has 0 saturated carbocycles. The topological polar surface area (TPSA) is 17.8 Å². The van der Waals surface area contributed by atoms with E-state index in [0.717, 1.165) is 35.6 Å². The summed E-state index contributed by atoms with van der Waals surface area (Å²) in [6.07, 6.45) is 3.06. The van der Waals surface area contributed by atoms with E-state index in [1.165, 1.54) is 16.7 Å². The highest BCUT2D eigenvalue weighted by atomic mass is 35.5. The second-order valence-corrected chi connectivity index (χ2v) is 7.57. The molecule has 3 aromatic carbocycles. The SMILES string of the molecule is Clc1cc2c(cc1Cl)-c1nc(-c3ccc(-c4ccccc4)cc3)cn1CC2. The van der Waals surface area contributed by atoms with Crippen LogP contribution < -0.4 is 0 Å². The number of aromatic nitrogens is 2. The van der Waals surface area contributed by atoms with Gasteiger partial charge in [-0.3, -0.25) is 0 Å². The summed E-state index contributed by atoms with van der Waals surface area (Å²) in [7, 11) is 0. The van der Waals surface area contributed by atoms with Crippen LogP contribution in [-0.2, 0) is 13.0 Å². The molecule has 2 nitrogen and oxygen atoms in total. The minimum atomic E-state index is 0.570. The number of nitrogens with zero attached hydrogens (tertiary/aromatic N) is 2. The van der Waals surface area contributed by atoms with Crippen LogP contribution >= 0.6 is 23.2 Å². The Morgan fingerprint density at radius 3 is 2.22 bits per heavy atom. The number of hydrogen-bond acceptors (Lipinski definition) is 1. The van der Waals surface area contributed by atoms with E-state index in [4.69, 9.17) is 28.2 Å². The molecule has 0 atom stereocenters. The van der Waals surface area contributed by atoms with E-state index in [2.05, 4.69) is 59.3 Å². The Balaban J connectivity index is 1.53. The zero-order valence-corrected chi connectivity index (χ0v) is 16.0. The molecule has 1 aliphatic heterocycles. The normalized spacial score (nSPS) is 12.5. The van der Waals surface area contributed by atoms with Crippen molar-refractivity contribution in [2.24, 2.45) is 0 Å². The van der Waals surface area contributed by atoms with Crippen molar-refractivity contribution in [1.29, 1.82) is 0 Å². The van der Waals surface area contributed by atoms with Crippen molar-refractivity contribution in [2.45, 2.75) is 13.0 Å². The summed E-state index contributed by atoms with van der Waals surface area (Å²) >= 11 is 12.4. The van der Waals surface area contributed by atoms with Crippen LogP contribution in [0.5, 0.6) is 0 Å². The highest BCUT2D eigenvalue weighted by molar-refractivity contribution is 6.42. The molecule has 132 valence electrons. The summed E-state index contributed by atoms with van der Waals surface area (Å²) in [5, 5.41) is 1.17. The van der Waals surface area contributed by atoms with Crippen LogP contribution in [0.3, 0.4) is 0 Å². The zero-order chi connectivity index (χ0) is 18.4. The molecule has 2 heterocycles. The van der Waals surface area contributed by atoms with E-state index < -0.39 is 0 Å². The standard InChI is InChI=1S/C23H16Cl2N2/c24-20-12-18-10-11-27-14-22(26-23(27)19(18)13-21(20)25)17-8-6-16(7-9-17)15-4-2-1-3-5-15/h1-9,12-14H,10-11H2. The maximum absolute atomic E-state index is 6.24. The zero-order valence-electron chi connectivity index (χ0n) is 14.5. The Kier molecular flexibility index (Phi) is 4.04. The van der Waals surface area contributed by atoms with Crippen LogP contribution in [0.15, 0.2) is 72.9 Å². The van der Waals surface area contributed by atoms with Crippen LogP contribution in [0.2, 0.25) is 10.0 Å². The molecule has 0 N–H and O–H groups in total. The lowest BCUT2D eigenvalue weighted by Gasteiger charge is -2.18. The fraction of sp³-hybridized carbons (Fsp3) is 0.0870. The lowest BCUT2D eigenvalue weighted by atomic mass is 10.0. The predicted molar refractivity (Wildman–Crippen MR) is 112 cm³/mol. The molecule has 0 amide bonds. The highest BCUT2D eigenvalue weighted by Crippen LogP contribution is 2.36. The minimum Gasteiger partial charge on any atom is -0.330 e. The monoisotopic (exact) mass is 390 g/mol. The Hall–Kier alpha value is -2.55. The minimum absolute atomic E-state index is 0.570. The van der Waals surface area contributed by atoms with E-state index in [1.54, 1.807) is 0 Å². The number of aryl methyl sites for hydroxylation is 2. The fourth-order valence-electron chi connectivity index (χ4n) is 3.65. The first-order valence-corrected chi connectivity index (χ1v) is 9.66. The van der Waals surface area contributed by atoms with Gasteiger partial charge >= 0.3 is 0 Å². The maximum Gasteiger partial charge on any atom is 0.141 e. The molecule has 0 bridgehead atoms. The third-order valence-electron chi connectivity index (χ3n) is 5.07. The van der Waals surface area contributed by atoms with Gasteiger partial charge in [-0.05, 0) is 35.2 Å². The number of halogens is 2. The second kappa shape index (κ2) is 6.56. The summed E-state index contributed by atoms with van der Waals surface area (Å²) in [5.74, 6) is 0.956. The average Bonchev–Trinajstić information content (AvgIpc) is 3.15. The third kappa shape index (κ3) is 2.95. The van der Waals surface area contributed by atoms with Crippen LogP contribution in [0, 0.1) is 0 Å². The van der Waals surface area contributed by atoms with Crippen LogP contribution in [-0.4, -0.2) is 9.55 Å². The van der Waals surface area contributed by atoms with E-state index in [0.29, 0.717) is 10.0 Å². The molecule has 1 aromatic heterocycles. The molecule has 27 heavy (non-hydrogen) atoms. The highest BCUT2D eigenvalue weighted by Gasteiger charge is 2.20. The second-order valence-electron chi connectivity index (χ2n) is 6.76. The van der Waals surface area contributed by atoms with Crippen LogP contribution in [0.1, 0.15) is 5.56 Å². The van der Waals surface area contributed by atoms with Gasteiger partial charge in [0.25, 0.3) is 0 Å². The molecule has 4 aromatic rings. The smallest absolute Gasteiger partial charge is 0.141 e. The Morgan fingerprint density at radius 2 is 1.44 bits per heavy atom. The number of imidazole rings is 1. The number of fused-ring (bicyclic) bond motifs is 3. The van der Waals surface area contributed by atoms with Gasteiger partial charge < -0.3 is 4.57 Å². The van der Waals surface area contributed by atoms with Gasteiger partial charge in [0.1, 0.15) is 5.82 Å². The summed E-state index contributed by atoms with van der Waals surface area (Å²) in [5.41, 5.74) is 6.78. The quantitative estimate of drug-likeness (QED) is 0.370. The van der Waals surface area contributed by atoms with Gasteiger partial charge in [0.15, 0.2) is 0 Å². The molecule has 5 rings (SSSR count). The first kappa shape index (κ1) is 16.6. The van der Waals surface area contributed by atoms with E-state index >= 15 is 0 Å². The van der Waals surface area contributed by atoms with Gasteiger partial charge in [0, 0.05) is 23.9 Å². The first-order chi connectivity index (χ1) is 13.2. The summed E-state index contributed by atoms with van der Waals surface area (Å²) < 4.78 is 2.20. The van der Waals surface area contributed by atoms with Gasteiger partial charge in [-0.1, -0.05) is 77.8 Å². The lowest BCUT2D eigenvalue weighted by molar-refractivity contribution is 0.684. The van der Waals surface area contributed by atoms with Crippen LogP contribution in [0.4, 0.5) is 0 Å². The van der Waals surface area contributed by atoms with Crippen LogP contribution in [0.25, 0.3) is 33.8 Å². The molecule has 0 aliphatic carbocycles. The molecule has 0 fully saturated rings. The predicted octanol–water partition coefficient (Wildman–Crippen LogP) is 6.75. The van der Waals surface area contributed by atoms with Gasteiger partial charge in [0.2, 0.25) is 0 Å². The van der Waals surface area contributed by atoms with Crippen molar-refractivity contribution in [2.75, 3.05) is 0 Å².